The molecule has 2 heteroatoms. The highest BCUT2D eigenvalue weighted by atomic mass is 15.6. The van der Waals surface area contributed by atoms with Gasteiger partial charge in [-0.15, -0.1) is 0 Å². The lowest BCUT2D eigenvalue weighted by Crippen LogP contribution is -2.33. The molecule has 1 fully saturated rings. The molecule has 2 unspecified atom stereocenters. The third-order valence-corrected chi connectivity index (χ3v) is 4.27. The van der Waals surface area contributed by atoms with E-state index < -0.39 is 0 Å². The zero-order valence-corrected chi connectivity index (χ0v) is 12.8. The minimum absolute atomic E-state index is 0.210. The van der Waals surface area contributed by atoms with Crippen LogP contribution >= 0.6 is 0 Å². The molecule has 4 rings (SSSR count). The number of rotatable bonds is 3. The van der Waals surface area contributed by atoms with Crippen molar-refractivity contribution in [2.75, 3.05) is 5.01 Å². The predicted molar refractivity (Wildman–Crippen MR) is 94.7 cm³/mol. The molecular formula is C21H19N2. The summed E-state index contributed by atoms with van der Waals surface area (Å²) in [7, 11) is 0. The van der Waals surface area contributed by atoms with Crippen LogP contribution in [0.3, 0.4) is 0 Å². The van der Waals surface area contributed by atoms with Gasteiger partial charge in [-0.1, -0.05) is 78.9 Å². The second-order valence-electron chi connectivity index (χ2n) is 5.77. The normalized spacial score (nSPS) is 20.6. The fraction of sp³-hybridized carbons (Fsp3) is 0.0952. The van der Waals surface area contributed by atoms with Crippen molar-refractivity contribution in [2.45, 2.75) is 12.1 Å². The lowest BCUT2D eigenvalue weighted by molar-refractivity contribution is 0.643. The first-order chi connectivity index (χ1) is 11.4. The molecule has 113 valence electrons. The largest absolute Gasteiger partial charge is 0.300 e. The van der Waals surface area contributed by atoms with Crippen molar-refractivity contribution in [2.24, 2.45) is 0 Å². The maximum absolute atomic E-state index is 3.65. The number of hydrogen-bond acceptors (Lipinski definition) is 2. The highest BCUT2D eigenvalue weighted by Gasteiger charge is 2.33. The Hall–Kier alpha value is -2.58. The van der Waals surface area contributed by atoms with Crippen LogP contribution in [0, 0.1) is 6.42 Å². The second-order valence-corrected chi connectivity index (χ2v) is 5.77. The van der Waals surface area contributed by atoms with Gasteiger partial charge in [-0.2, -0.15) is 0 Å². The molecule has 23 heavy (non-hydrogen) atoms. The standard InChI is InChI=1S/C21H19N2/c1-4-10-17(11-5-1)20-16-21(18-12-6-2-7-13-18)23(22-20)19-14-8-3-9-15-19/h1-16,20-22H. The van der Waals surface area contributed by atoms with Crippen molar-refractivity contribution >= 4 is 5.69 Å². The first kappa shape index (κ1) is 14.0. The number of para-hydroxylation sites is 1. The molecular weight excluding hydrogens is 280 g/mol. The molecule has 1 N–H and O–H groups in total. The summed E-state index contributed by atoms with van der Waals surface area (Å²) in [6, 6.07) is 32.1. The first-order valence-electron chi connectivity index (χ1n) is 7.97. The highest BCUT2D eigenvalue weighted by molar-refractivity contribution is 5.51. The molecule has 2 nitrogen and oxygen atoms in total. The van der Waals surface area contributed by atoms with Crippen molar-refractivity contribution < 1.29 is 0 Å². The van der Waals surface area contributed by atoms with Gasteiger partial charge in [-0.25, -0.2) is 5.43 Å². The average Bonchev–Trinajstić information content (AvgIpc) is 3.09. The van der Waals surface area contributed by atoms with Crippen LogP contribution in [0.5, 0.6) is 0 Å². The van der Waals surface area contributed by atoms with Crippen LogP contribution in [0.2, 0.25) is 0 Å². The molecule has 1 aliphatic rings. The summed E-state index contributed by atoms with van der Waals surface area (Å²) in [6.07, 6.45) is 2.37. The number of anilines is 1. The van der Waals surface area contributed by atoms with Gasteiger partial charge in [-0.3, -0.25) is 0 Å². The number of nitrogens with one attached hydrogen (secondary N) is 1. The van der Waals surface area contributed by atoms with E-state index in [2.05, 4.69) is 108 Å². The monoisotopic (exact) mass is 299 g/mol. The minimum atomic E-state index is 0.210. The van der Waals surface area contributed by atoms with E-state index in [0.717, 1.165) is 0 Å². The van der Waals surface area contributed by atoms with Crippen molar-refractivity contribution in [3.63, 3.8) is 0 Å². The van der Waals surface area contributed by atoms with Crippen LogP contribution < -0.4 is 10.4 Å². The smallest absolute Gasteiger partial charge is 0.0755 e. The first-order valence-corrected chi connectivity index (χ1v) is 7.97. The summed E-state index contributed by atoms with van der Waals surface area (Å²) < 4.78 is 0. The Morgan fingerprint density at radius 3 is 1.74 bits per heavy atom. The van der Waals surface area contributed by atoms with Crippen LogP contribution in [-0.4, -0.2) is 0 Å². The molecule has 1 aliphatic heterocycles. The molecule has 0 aromatic heterocycles. The third-order valence-electron chi connectivity index (χ3n) is 4.27. The van der Waals surface area contributed by atoms with E-state index in [1.807, 2.05) is 0 Å². The van der Waals surface area contributed by atoms with E-state index in [4.69, 9.17) is 0 Å². The van der Waals surface area contributed by atoms with E-state index in [-0.39, 0.29) is 12.1 Å². The SMILES string of the molecule is [CH]1C(c2ccccc2)NN(c2ccccc2)C1c1ccccc1. The fourth-order valence-corrected chi connectivity index (χ4v) is 3.12. The Morgan fingerprint density at radius 1 is 0.609 bits per heavy atom. The van der Waals surface area contributed by atoms with Gasteiger partial charge in [0.1, 0.15) is 0 Å². The molecule has 0 spiro atoms. The van der Waals surface area contributed by atoms with Gasteiger partial charge >= 0.3 is 0 Å². The molecule has 1 heterocycles. The van der Waals surface area contributed by atoms with E-state index in [0.29, 0.717) is 0 Å². The van der Waals surface area contributed by atoms with Gasteiger partial charge in [0, 0.05) is 6.42 Å². The second kappa shape index (κ2) is 6.27. The van der Waals surface area contributed by atoms with Crippen molar-refractivity contribution in [1.29, 1.82) is 0 Å². The van der Waals surface area contributed by atoms with Gasteiger partial charge in [0.25, 0.3) is 0 Å². The zero-order chi connectivity index (χ0) is 15.5. The number of hydrogen-bond donors (Lipinski definition) is 1. The summed E-state index contributed by atoms with van der Waals surface area (Å²) in [5, 5.41) is 2.26. The van der Waals surface area contributed by atoms with Crippen LogP contribution in [0.15, 0.2) is 91.0 Å². The van der Waals surface area contributed by atoms with Crippen LogP contribution in [0.25, 0.3) is 0 Å². The maximum atomic E-state index is 3.65. The number of nitrogens with zero attached hydrogens (tertiary/aromatic N) is 1. The van der Waals surface area contributed by atoms with Gasteiger partial charge < -0.3 is 5.01 Å². The van der Waals surface area contributed by atoms with Gasteiger partial charge in [0.05, 0.1) is 17.8 Å². The lowest BCUT2D eigenvalue weighted by Gasteiger charge is -2.26. The summed E-state index contributed by atoms with van der Waals surface area (Å²) in [4.78, 5) is 0. The Balaban J connectivity index is 1.70. The van der Waals surface area contributed by atoms with Crippen molar-refractivity contribution in [3.8, 4) is 0 Å². The summed E-state index contributed by atoms with van der Waals surface area (Å²) in [5.41, 5.74) is 7.40. The zero-order valence-electron chi connectivity index (χ0n) is 12.8. The predicted octanol–water partition coefficient (Wildman–Crippen LogP) is 4.70. The molecule has 1 radical (unpaired) electrons. The van der Waals surface area contributed by atoms with Crippen LogP contribution in [0.4, 0.5) is 5.69 Å². The third kappa shape index (κ3) is 2.86. The van der Waals surface area contributed by atoms with E-state index in [1.165, 1.54) is 16.8 Å². The molecule has 3 aromatic carbocycles. The molecule has 1 saturated heterocycles. The number of benzene rings is 3. The maximum Gasteiger partial charge on any atom is 0.0755 e. The topological polar surface area (TPSA) is 15.3 Å². The van der Waals surface area contributed by atoms with Crippen LogP contribution in [-0.2, 0) is 0 Å². The molecule has 3 aromatic rings. The van der Waals surface area contributed by atoms with Gasteiger partial charge in [-0.05, 0) is 23.3 Å². The van der Waals surface area contributed by atoms with Crippen molar-refractivity contribution in [3.05, 3.63) is 109 Å². The Bertz CT molecular complexity index is 693. The molecule has 2 atom stereocenters. The van der Waals surface area contributed by atoms with E-state index in [1.54, 1.807) is 0 Å². The van der Waals surface area contributed by atoms with Gasteiger partial charge in [0.2, 0.25) is 0 Å². The Labute approximate surface area is 137 Å². The molecule has 0 saturated carbocycles. The lowest BCUT2D eigenvalue weighted by atomic mass is 9.97. The van der Waals surface area contributed by atoms with Gasteiger partial charge in [0.15, 0.2) is 0 Å². The Kier molecular flexibility index (Phi) is 3.83. The minimum Gasteiger partial charge on any atom is -0.300 e. The van der Waals surface area contributed by atoms with Crippen LogP contribution in [0.1, 0.15) is 23.2 Å². The highest BCUT2D eigenvalue weighted by Crippen LogP contribution is 2.38. The van der Waals surface area contributed by atoms with E-state index >= 15 is 0 Å². The molecule has 0 bridgehead atoms. The molecule has 0 amide bonds. The summed E-state index contributed by atoms with van der Waals surface area (Å²) in [6.45, 7) is 0. The van der Waals surface area contributed by atoms with Crippen molar-refractivity contribution in [1.82, 2.24) is 5.43 Å². The number of hydrazine groups is 1. The van der Waals surface area contributed by atoms with E-state index in [9.17, 15) is 0 Å². The summed E-state index contributed by atoms with van der Waals surface area (Å²) >= 11 is 0. The average molecular weight is 299 g/mol. The quantitative estimate of drug-likeness (QED) is 0.754. The summed E-state index contributed by atoms with van der Waals surface area (Å²) in [5.74, 6) is 0. The fourth-order valence-electron chi connectivity index (χ4n) is 3.12. The molecule has 0 aliphatic carbocycles. The Morgan fingerprint density at radius 2 is 1.13 bits per heavy atom.